The van der Waals surface area contributed by atoms with Crippen LogP contribution in [0.5, 0.6) is 0 Å². The number of halogens is 2. The summed E-state index contributed by atoms with van der Waals surface area (Å²) in [6, 6.07) is 5.58. The Balaban J connectivity index is 2.57. The van der Waals surface area contributed by atoms with Gasteiger partial charge in [-0.15, -0.1) is 0 Å². The largest absolute Gasteiger partial charge is 0.308 e. The average Bonchev–Trinajstić information content (AvgIpc) is 2.30. The predicted octanol–water partition coefficient (Wildman–Crippen LogP) is 4.71. The molecular weight excluding hydrogens is 237 g/mol. The SMILES string of the molecule is CCCCC(C)NC(C)c1ccc(Cl)c(F)c1. The van der Waals surface area contributed by atoms with E-state index >= 15 is 0 Å². The third kappa shape index (κ3) is 4.64. The summed E-state index contributed by atoms with van der Waals surface area (Å²) in [5, 5.41) is 3.65. The molecule has 0 saturated heterocycles. The van der Waals surface area contributed by atoms with Crippen LogP contribution < -0.4 is 5.32 Å². The van der Waals surface area contributed by atoms with Gasteiger partial charge in [-0.25, -0.2) is 4.39 Å². The lowest BCUT2D eigenvalue weighted by Gasteiger charge is -2.20. The molecule has 1 nitrogen and oxygen atoms in total. The second kappa shape index (κ2) is 6.97. The number of hydrogen-bond acceptors (Lipinski definition) is 1. The molecule has 0 aliphatic carbocycles. The van der Waals surface area contributed by atoms with E-state index in [-0.39, 0.29) is 16.9 Å². The quantitative estimate of drug-likeness (QED) is 0.778. The van der Waals surface area contributed by atoms with Crippen molar-refractivity contribution in [2.45, 2.75) is 52.1 Å². The minimum absolute atomic E-state index is 0.147. The molecule has 0 aliphatic rings. The standard InChI is InChI=1S/C14H21ClFN/c1-4-5-6-10(2)17-11(3)12-7-8-13(15)14(16)9-12/h7-11,17H,4-6H2,1-3H3. The first-order chi connectivity index (χ1) is 8.04. The average molecular weight is 258 g/mol. The van der Waals surface area contributed by atoms with Gasteiger partial charge in [-0.3, -0.25) is 0 Å². The van der Waals surface area contributed by atoms with Crippen molar-refractivity contribution < 1.29 is 4.39 Å². The van der Waals surface area contributed by atoms with Gasteiger partial charge in [0.1, 0.15) is 5.82 Å². The molecule has 1 N–H and O–H groups in total. The van der Waals surface area contributed by atoms with Gasteiger partial charge in [-0.1, -0.05) is 37.4 Å². The van der Waals surface area contributed by atoms with Crippen LogP contribution in [0.4, 0.5) is 4.39 Å². The van der Waals surface area contributed by atoms with Gasteiger partial charge in [0.05, 0.1) is 5.02 Å². The van der Waals surface area contributed by atoms with E-state index in [1.807, 2.05) is 13.0 Å². The molecule has 0 aromatic heterocycles. The highest BCUT2D eigenvalue weighted by Gasteiger charge is 2.10. The highest BCUT2D eigenvalue weighted by molar-refractivity contribution is 6.30. The van der Waals surface area contributed by atoms with Crippen molar-refractivity contribution in [1.29, 1.82) is 0 Å². The van der Waals surface area contributed by atoms with Gasteiger partial charge in [0.15, 0.2) is 0 Å². The monoisotopic (exact) mass is 257 g/mol. The zero-order valence-electron chi connectivity index (χ0n) is 10.8. The number of unbranched alkanes of at least 4 members (excludes halogenated alkanes) is 1. The van der Waals surface area contributed by atoms with Gasteiger partial charge < -0.3 is 5.32 Å². The van der Waals surface area contributed by atoms with Gasteiger partial charge >= 0.3 is 0 Å². The molecule has 1 aromatic carbocycles. The van der Waals surface area contributed by atoms with Gasteiger partial charge in [-0.2, -0.15) is 0 Å². The molecule has 0 bridgehead atoms. The number of hydrogen-bond donors (Lipinski definition) is 1. The Morgan fingerprint density at radius 3 is 2.65 bits per heavy atom. The summed E-state index contributed by atoms with van der Waals surface area (Å²) in [6.07, 6.45) is 3.57. The minimum Gasteiger partial charge on any atom is -0.308 e. The second-order valence-electron chi connectivity index (χ2n) is 4.61. The van der Waals surface area contributed by atoms with E-state index in [1.165, 1.54) is 18.9 Å². The summed E-state index contributed by atoms with van der Waals surface area (Å²) < 4.78 is 13.3. The minimum atomic E-state index is -0.348. The molecule has 0 spiro atoms. The molecule has 2 unspecified atom stereocenters. The molecule has 0 amide bonds. The predicted molar refractivity (Wildman–Crippen MR) is 71.9 cm³/mol. The van der Waals surface area contributed by atoms with Gasteiger partial charge in [0.2, 0.25) is 0 Å². The topological polar surface area (TPSA) is 12.0 Å². The maximum absolute atomic E-state index is 13.3. The zero-order chi connectivity index (χ0) is 12.8. The molecule has 0 radical (unpaired) electrons. The van der Waals surface area contributed by atoms with E-state index in [4.69, 9.17) is 11.6 Å². The first-order valence-electron chi connectivity index (χ1n) is 6.25. The first-order valence-corrected chi connectivity index (χ1v) is 6.63. The van der Waals surface area contributed by atoms with Crippen molar-refractivity contribution >= 4 is 11.6 Å². The lowest BCUT2D eigenvalue weighted by Crippen LogP contribution is -2.28. The second-order valence-corrected chi connectivity index (χ2v) is 5.01. The molecule has 3 heteroatoms. The Hall–Kier alpha value is -0.600. The van der Waals surface area contributed by atoms with E-state index in [9.17, 15) is 4.39 Å². The van der Waals surface area contributed by atoms with E-state index in [2.05, 4.69) is 19.2 Å². The molecule has 17 heavy (non-hydrogen) atoms. The maximum Gasteiger partial charge on any atom is 0.142 e. The molecule has 2 atom stereocenters. The molecule has 0 saturated carbocycles. The summed E-state index contributed by atoms with van der Waals surface area (Å²) in [6.45, 7) is 6.40. The summed E-state index contributed by atoms with van der Waals surface area (Å²) in [7, 11) is 0. The summed E-state index contributed by atoms with van der Waals surface area (Å²) in [4.78, 5) is 0. The number of nitrogens with one attached hydrogen (secondary N) is 1. The van der Waals surface area contributed by atoms with Crippen LogP contribution >= 0.6 is 11.6 Å². The van der Waals surface area contributed by atoms with Crippen LogP contribution in [0.15, 0.2) is 18.2 Å². The Kier molecular flexibility index (Phi) is 5.93. The number of rotatable bonds is 6. The summed E-state index contributed by atoms with van der Waals surface area (Å²) in [5.74, 6) is -0.348. The number of benzene rings is 1. The van der Waals surface area contributed by atoms with Gasteiger partial charge in [0.25, 0.3) is 0 Å². The van der Waals surface area contributed by atoms with E-state index in [1.54, 1.807) is 6.07 Å². The van der Waals surface area contributed by atoms with Crippen molar-refractivity contribution in [1.82, 2.24) is 5.32 Å². The fourth-order valence-electron chi connectivity index (χ4n) is 1.90. The fraction of sp³-hybridized carbons (Fsp3) is 0.571. The van der Waals surface area contributed by atoms with Crippen LogP contribution in [0.3, 0.4) is 0 Å². The van der Waals surface area contributed by atoms with Crippen LogP contribution in [0.25, 0.3) is 0 Å². The molecular formula is C14H21ClFN. The third-order valence-electron chi connectivity index (χ3n) is 2.97. The lowest BCUT2D eigenvalue weighted by molar-refractivity contribution is 0.443. The van der Waals surface area contributed by atoms with Crippen LogP contribution in [0.1, 0.15) is 51.6 Å². The fourth-order valence-corrected chi connectivity index (χ4v) is 2.02. The van der Waals surface area contributed by atoms with Crippen molar-refractivity contribution in [2.24, 2.45) is 0 Å². The maximum atomic E-state index is 13.3. The van der Waals surface area contributed by atoms with Crippen molar-refractivity contribution in [2.75, 3.05) is 0 Å². The Bertz CT molecular complexity index is 354. The molecule has 1 aromatic rings. The molecule has 96 valence electrons. The highest BCUT2D eigenvalue weighted by Crippen LogP contribution is 2.20. The van der Waals surface area contributed by atoms with Crippen LogP contribution in [-0.2, 0) is 0 Å². The van der Waals surface area contributed by atoms with E-state index < -0.39 is 0 Å². The lowest BCUT2D eigenvalue weighted by atomic mass is 10.1. The smallest absolute Gasteiger partial charge is 0.142 e. The zero-order valence-corrected chi connectivity index (χ0v) is 11.5. The Labute approximate surface area is 108 Å². The molecule has 0 aliphatic heterocycles. The van der Waals surface area contributed by atoms with E-state index in [0.29, 0.717) is 6.04 Å². The molecule has 0 heterocycles. The third-order valence-corrected chi connectivity index (χ3v) is 3.28. The highest BCUT2D eigenvalue weighted by atomic mass is 35.5. The summed E-state index contributed by atoms with van der Waals surface area (Å²) >= 11 is 5.66. The molecule has 1 rings (SSSR count). The normalized spacial score (nSPS) is 14.6. The van der Waals surface area contributed by atoms with Crippen molar-refractivity contribution in [3.8, 4) is 0 Å². The Morgan fingerprint density at radius 1 is 1.35 bits per heavy atom. The van der Waals surface area contributed by atoms with Crippen LogP contribution in [-0.4, -0.2) is 6.04 Å². The van der Waals surface area contributed by atoms with Crippen LogP contribution in [0.2, 0.25) is 5.02 Å². The Morgan fingerprint density at radius 2 is 2.06 bits per heavy atom. The first kappa shape index (κ1) is 14.5. The van der Waals surface area contributed by atoms with E-state index in [0.717, 1.165) is 12.0 Å². The van der Waals surface area contributed by atoms with Crippen LogP contribution in [0, 0.1) is 5.82 Å². The molecule has 0 fully saturated rings. The van der Waals surface area contributed by atoms with Crippen molar-refractivity contribution in [3.63, 3.8) is 0 Å². The van der Waals surface area contributed by atoms with Crippen molar-refractivity contribution in [3.05, 3.63) is 34.6 Å². The van der Waals surface area contributed by atoms with Gasteiger partial charge in [0, 0.05) is 12.1 Å². The summed E-state index contributed by atoms with van der Waals surface area (Å²) in [5.41, 5.74) is 0.940. The van der Waals surface area contributed by atoms with Gasteiger partial charge in [-0.05, 0) is 38.0 Å².